The normalized spacial score (nSPS) is 10.0. The monoisotopic (exact) mass is 204 g/mol. The van der Waals surface area contributed by atoms with Crippen LogP contribution in [0, 0.1) is 0 Å². The summed E-state index contributed by atoms with van der Waals surface area (Å²) in [6.07, 6.45) is 3.46. The summed E-state index contributed by atoms with van der Waals surface area (Å²) in [5, 5.41) is 0. The van der Waals surface area contributed by atoms with Gasteiger partial charge in [-0.05, 0) is 12.1 Å². The van der Waals surface area contributed by atoms with Gasteiger partial charge in [0, 0.05) is 12.4 Å². The molecule has 0 bridgehead atoms. The highest BCUT2D eigenvalue weighted by atomic mass is 16.5. The van der Waals surface area contributed by atoms with Gasteiger partial charge >= 0.3 is 0 Å². The van der Waals surface area contributed by atoms with E-state index in [4.69, 9.17) is 9.47 Å². The smallest absolute Gasteiger partial charge is 0.144 e. The molecule has 4 nitrogen and oxygen atoms in total. The quantitative estimate of drug-likeness (QED) is 0.832. The standard InChI is InChI=1S/C11H12N2O2/c1-14-8-4-3-5-9(15-2)10(8)11-12-6-7-13-11/h3-7H,1-2H3,(H,12,13). The van der Waals surface area contributed by atoms with E-state index in [2.05, 4.69) is 9.97 Å². The largest absolute Gasteiger partial charge is 0.496 e. The number of ether oxygens (including phenoxy) is 2. The number of rotatable bonds is 3. The van der Waals surface area contributed by atoms with Crippen molar-refractivity contribution >= 4 is 0 Å². The summed E-state index contributed by atoms with van der Waals surface area (Å²) < 4.78 is 10.5. The van der Waals surface area contributed by atoms with Gasteiger partial charge in [0.15, 0.2) is 0 Å². The lowest BCUT2D eigenvalue weighted by Gasteiger charge is -2.10. The molecule has 0 fully saturated rings. The van der Waals surface area contributed by atoms with E-state index in [1.165, 1.54) is 0 Å². The second kappa shape index (κ2) is 4.04. The number of aromatic amines is 1. The van der Waals surface area contributed by atoms with E-state index >= 15 is 0 Å². The van der Waals surface area contributed by atoms with Gasteiger partial charge in [-0.15, -0.1) is 0 Å². The molecule has 1 aromatic carbocycles. The first-order valence-electron chi connectivity index (χ1n) is 4.57. The van der Waals surface area contributed by atoms with Crippen LogP contribution in [-0.2, 0) is 0 Å². The molecule has 2 aromatic rings. The Balaban J connectivity index is 2.61. The van der Waals surface area contributed by atoms with Gasteiger partial charge in [0.1, 0.15) is 22.9 Å². The average molecular weight is 204 g/mol. The number of nitrogens with one attached hydrogen (secondary N) is 1. The molecule has 1 N–H and O–H groups in total. The van der Waals surface area contributed by atoms with Crippen LogP contribution in [0.2, 0.25) is 0 Å². The fraction of sp³-hybridized carbons (Fsp3) is 0.182. The predicted octanol–water partition coefficient (Wildman–Crippen LogP) is 2.09. The molecule has 2 rings (SSSR count). The minimum absolute atomic E-state index is 0.740. The number of methoxy groups -OCH3 is 2. The van der Waals surface area contributed by atoms with Gasteiger partial charge in [-0.3, -0.25) is 0 Å². The Kier molecular flexibility index (Phi) is 2.58. The lowest BCUT2D eigenvalue weighted by atomic mass is 10.1. The van der Waals surface area contributed by atoms with Crippen molar-refractivity contribution in [2.45, 2.75) is 0 Å². The number of benzene rings is 1. The molecule has 78 valence electrons. The Morgan fingerprint density at radius 3 is 2.27 bits per heavy atom. The van der Waals surface area contributed by atoms with E-state index in [9.17, 15) is 0 Å². The van der Waals surface area contributed by atoms with E-state index in [1.54, 1.807) is 26.6 Å². The molecule has 0 aliphatic carbocycles. The molecule has 0 unspecified atom stereocenters. The zero-order valence-electron chi connectivity index (χ0n) is 8.65. The lowest BCUT2D eigenvalue weighted by Crippen LogP contribution is -1.93. The van der Waals surface area contributed by atoms with Crippen LogP contribution >= 0.6 is 0 Å². The fourth-order valence-electron chi connectivity index (χ4n) is 1.49. The molecule has 4 heteroatoms. The van der Waals surface area contributed by atoms with E-state index < -0.39 is 0 Å². The van der Waals surface area contributed by atoms with Crippen molar-refractivity contribution in [3.8, 4) is 22.9 Å². The molecule has 0 atom stereocenters. The molecule has 1 heterocycles. The highest BCUT2D eigenvalue weighted by Gasteiger charge is 2.13. The third-order valence-corrected chi connectivity index (χ3v) is 2.16. The maximum absolute atomic E-state index is 5.27. The SMILES string of the molecule is COc1cccc(OC)c1-c1ncc[nH]1. The second-order valence-corrected chi connectivity index (χ2v) is 2.98. The minimum Gasteiger partial charge on any atom is -0.496 e. The number of H-pyrrole nitrogens is 1. The molecule has 1 aromatic heterocycles. The third kappa shape index (κ3) is 1.66. The summed E-state index contributed by atoms with van der Waals surface area (Å²) >= 11 is 0. The van der Waals surface area contributed by atoms with Gasteiger partial charge < -0.3 is 14.5 Å². The number of hydrogen-bond acceptors (Lipinski definition) is 3. The topological polar surface area (TPSA) is 47.1 Å². The summed E-state index contributed by atoms with van der Waals surface area (Å²) in [5.41, 5.74) is 0.840. The molecule has 0 aliphatic heterocycles. The van der Waals surface area contributed by atoms with Gasteiger partial charge in [0.05, 0.1) is 14.2 Å². The molecule has 0 saturated carbocycles. The summed E-state index contributed by atoms with van der Waals surface area (Å²) in [5.74, 6) is 2.22. The van der Waals surface area contributed by atoms with Crippen LogP contribution < -0.4 is 9.47 Å². The predicted molar refractivity (Wildman–Crippen MR) is 57.1 cm³/mol. The Bertz CT molecular complexity index is 416. The summed E-state index contributed by atoms with van der Waals surface area (Å²) in [7, 11) is 3.25. The van der Waals surface area contributed by atoms with E-state index in [-0.39, 0.29) is 0 Å². The second-order valence-electron chi connectivity index (χ2n) is 2.98. The highest BCUT2D eigenvalue weighted by Crippen LogP contribution is 2.35. The first-order valence-corrected chi connectivity index (χ1v) is 4.57. The van der Waals surface area contributed by atoms with E-state index in [0.29, 0.717) is 0 Å². The van der Waals surface area contributed by atoms with Gasteiger partial charge in [0.2, 0.25) is 0 Å². The van der Waals surface area contributed by atoms with Crippen molar-refractivity contribution < 1.29 is 9.47 Å². The van der Waals surface area contributed by atoms with Crippen LogP contribution in [-0.4, -0.2) is 24.2 Å². The van der Waals surface area contributed by atoms with Crippen molar-refractivity contribution in [2.75, 3.05) is 14.2 Å². The molecule has 0 spiro atoms. The van der Waals surface area contributed by atoms with Gasteiger partial charge in [-0.2, -0.15) is 0 Å². The zero-order chi connectivity index (χ0) is 10.7. The van der Waals surface area contributed by atoms with E-state index in [0.717, 1.165) is 22.9 Å². The number of imidazole rings is 1. The van der Waals surface area contributed by atoms with Gasteiger partial charge in [0.25, 0.3) is 0 Å². The Hall–Kier alpha value is -1.97. The molecular weight excluding hydrogens is 192 g/mol. The van der Waals surface area contributed by atoms with Crippen LogP contribution in [0.3, 0.4) is 0 Å². The number of aromatic nitrogens is 2. The number of nitrogens with zero attached hydrogens (tertiary/aromatic N) is 1. The van der Waals surface area contributed by atoms with Gasteiger partial charge in [-0.25, -0.2) is 4.98 Å². The van der Waals surface area contributed by atoms with Crippen LogP contribution in [0.25, 0.3) is 11.4 Å². The van der Waals surface area contributed by atoms with Crippen LogP contribution in [0.4, 0.5) is 0 Å². The fourth-order valence-corrected chi connectivity index (χ4v) is 1.49. The molecular formula is C11H12N2O2. The molecule has 0 amide bonds. The summed E-state index contributed by atoms with van der Waals surface area (Å²) in [4.78, 5) is 7.22. The zero-order valence-corrected chi connectivity index (χ0v) is 8.65. The van der Waals surface area contributed by atoms with Crippen LogP contribution in [0.1, 0.15) is 0 Å². The van der Waals surface area contributed by atoms with Crippen LogP contribution in [0.15, 0.2) is 30.6 Å². The summed E-state index contributed by atoms with van der Waals surface area (Å²) in [6.45, 7) is 0. The third-order valence-electron chi connectivity index (χ3n) is 2.16. The van der Waals surface area contributed by atoms with Crippen molar-refractivity contribution in [3.05, 3.63) is 30.6 Å². The molecule has 0 aliphatic rings. The number of hydrogen-bond donors (Lipinski definition) is 1. The minimum atomic E-state index is 0.740. The Labute approximate surface area is 87.9 Å². The Morgan fingerprint density at radius 1 is 1.13 bits per heavy atom. The first kappa shape index (κ1) is 9.58. The first-order chi connectivity index (χ1) is 7.36. The van der Waals surface area contributed by atoms with Crippen molar-refractivity contribution in [1.82, 2.24) is 9.97 Å². The maximum atomic E-state index is 5.27. The maximum Gasteiger partial charge on any atom is 0.144 e. The van der Waals surface area contributed by atoms with Gasteiger partial charge in [-0.1, -0.05) is 6.07 Å². The molecule has 0 radical (unpaired) electrons. The van der Waals surface area contributed by atoms with E-state index in [1.807, 2.05) is 18.2 Å². The average Bonchev–Trinajstić information content (AvgIpc) is 2.81. The highest BCUT2D eigenvalue weighted by molar-refractivity contribution is 5.71. The lowest BCUT2D eigenvalue weighted by molar-refractivity contribution is 0.397. The van der Waals surface area contributed by atoms with Crippen LogP contribution in [0.5, 0.6) is 11.5 Å². The molecule has 0 saturated heterocycles. The van der Waals surface area contributed by atoms with Crippen molar-refractivity contribution in [2.24, 2.45) is 0 Å². The molecule has 15 heavy (non-hydrogen) atoms. The van der Waals surface area contributed by atoms with Crippen molar-refractivity contribution in [3.63, 3.8) is 0 Å². The van der Waals surface area contributed by atoms with Crippen molar-refractivity contribution in [1.29, 1.82) is 0 Å². The summed E-state index contributed by atoms with van der Waals surface area (Å²) in [6, 6.07) is 5.63. The Morgan fingerprint density at radius 2 is 1.80 bits per heavy atom.